The van der Waals surface area contributed by atoms with Crippen LogP contribution in [0.25, 0.3) is 11.0 Å². The summed E-state index contributed by atoms with van der Waals surface area (Å²) in [6, 6.07) is 4.11. The first-order valence-corrected chi connectivity index (χ1v) is 10.7. The molecule has 0 bridgehead atoms. The van der Waals surface area contributed by atoms with Crippen LogP contribution >= 0.6 is 0 Å². The van der Waals surface area contributed by atoms with Gasteiger partial charge in [-0.2, -0.15) is 0 Å². The molecule has 1 saturated carbocycles. The van der Waals surface area contributed by atoms with Crippen LogP contribution in [0.3, 0.4) is 0 Å². The van der Waals surface area contributed by atoms with Gasteiger partial charge in [0.1, 0.15) is 5.58 Å². The standard InChI is InChI=1S/C19H23NO4S/c1-12-3-6-17-14(10-24-19(17)13(12)2)9-18(21)20(15-4-5-15)16-7-8-25(22,23)11-16/h3,6,10,15-16H,4-5,7-9,11H2,1-2H3. The Kier molecular flexibility index (Phi) is 3.90. The molecule has 0 N–H and O–H groups in total. The Morgan fingerprint density at radius 2 is 1.96 bits per heavy atom. The zero-order chi connectivity index (χ0) is 17.8. The van der Waals surface area contributed by atoms with Gasteiger partial charge in [0.25, 0.3) is 0 Å². The summed E-state index contributed by atoms with van der Waals surface area (Å²) in [5.74, 6) is 0.326. The second kappa shape index (κ2) is 5.87. The smallest absolute Gasteiger partial charge is 0.227 e. The van der Waals surface area contributed by atoms with E-state index in [1.54, 1.807) is 6.26 Å². The number of furan rings is 1. The molecule has 4 rings (SSSR count). The zero-order valence-electron chi connectivity index (χ0n) is 14.6. The Balaban J connectivity index is 1.59. The van der Waals surface area contributed by atoms with Gasteiger partial charge >= 0.3 is 0 Å². The third kappa shape index (κ3) is 3.08. The topological polar surface area (TPSA) is 67.6 Å². The Morgan fingerprint density at radius 3 is 2.60 bits per heavy atom. The van der Waals surface area contributed by atoms with Crippen LogP contribution in [0.1, 0.15) is 36.0 Å². The third-order valence-electron chi connectivity index (χ3n) is 5.51. The van der Waals surface area contributed by atoms with E-state index in [1.165, 1.54) is 0 Å². The van der Waals surface area contributed by atoms with Crippen molar-refractivity contribution in [3.05, 3.63) is 35.1 Å². The second-order valence-corrected chi connectivity index (χ2v) is 9.64. The summed E-state index contributed by atoms with van der Waals surface area (Å²) in [5, 5.41) is 0.978. The van der Waals surface area contributed by atoms with E-state index in [4.69, 9.17) is 4.42 Å². The maximum Gasteiger partial charge on any atom is 0.227 e. The largest absolute Gasteiger partial charge is 0.464 e. The summed E-state index contributed by atoms with van der Waals surface area (Å²) in [7, 11) is -3.00. The maximum atomic E-state index is 13.0. The van der Waals surface area contributed by atoms with Crippen molar-refractivity contribution in [2.45, 2.75) is 51.6 Å². The van der Waals surface area contributed by atoms with Gasteiger partial charge in [0.2, 0.25) is 5.91 Å². The van der Waals surface area contributed by atoms with E-state index in [2.05, 4.69) is 0 Å². The highest BCUT2D eigenvalue weighted by Gasteiger charge is 2.42. The fourth-order valence-electron chi connectivity index (χ4n) is 3.83. The van der Waals surface area contributed by atoms with Gasteiger partial charge < -0.3 is 9.32 Å². The average Bonchev–Trinajstić information content (AvgIpc) is 3.19. The lowest BCUT2D eigenvalue weighted by molar-refractivity contribution is -0.133. The van der Waals surface area contributed by atoms with Crippen LogP contribution in [0, 0.1) is 13.8 Å². The number of carbonyl (C=O) groups is 1. The molecule has 5 nitrogen and oxygen atoms in total. The molecule has 2 aromatic rings. The first-order valence-electron chi connectivity index (χ1n) is 8.83. The summed E-state index contributed by atoms with van der Waals surface area (Å²) in [6.07, 6.45) is 4.46. The van der Waals surface area contributed by atoms with E-state index in [1.807, 2.05) is 30.9 Å². The number of amides is 1. The van der Waals surface area contributed by atoms with Crippen LogP contribution in [-0.4, -0.2) is 42.8 Å². The van der Waals surface area contributed by atoms with Gasteiger partial charge in [0, 0.05) is 23.0 Å². The highest BCUT2D eigenvalue weighted by molar-refractivity contribution is 7.91. The number of nitrogens with zero attached hydrogens (tertiary/aromatic N) is 1. The molecule has 25 heavy (non-hydrogen) atoms. The van der Waals surface area contributed by atoms with Crippen LogP contribution in [0.15, 0.2) is 22.8 Å². The maximum absolute atomic E-state index is 13.0. The van der Waals surface area contributed by atoms with Gasteiger partial charge in [-0.15, -0.1) is 0 Å². The number of hydrogen-bond donors (Lipinski definition) is 0. The Labute approximate surface area is 147 Å². The fourth-order valence-corrected chi connectivity index (χ4v) is 5.54. The lowest BCUT2D eigenvalue weighted by atomic mass is 10.0. The van der Waals surface area contributed by atoms with Crippen molar-refractivity contribution < 1.29 is 17.6 Å². The zero-order valence-corrected chi connectivity index (χ0v) is 15.4. The molecule has 0 radical (unpaired) electrons. The van der Waals surface area contributed by atoms with Crippen LogP contribution < -0.4 is 0 Å². The van der Waals surface area contributed by atoms with Crippen molar-refractivity contribution in [3.8, 4) is 0 Å². The van der Waals surface area contributed by atoms with E-state index in [0.717, 1.165) is 40.5 Å². The molecule has 2 fully saturated rings. The van der Waals surface area contributed by atoms with Gasteiger partial charge in [-0.1, -0.05) is 12.1 Å². The first-order chi connectivity index (χ1) is 11.9. The van der Waals surface area contributed by atoms with Gasteiger partial charge in [-0.05, 0) is 44.2 Å². The number of fused-ring (bicyclic) bond motifs is 1. The molecule has 1 aromatic heterocycles. The fraction of sp³-hybridized carbons (Fsp3) is 0.526. The van der Waals surface area contributed by atoms with Crippen LogP contribution in [0.5, 0.6) is 0 Å². The monoisotopic (exact) mass is 361 g/mol. The van der Waals surface area contributed by atoms with Crippen molar-refractivity contribution >= 4 is 26.7 Å². The normalized spacial score (nSPS) is 22.4. The van der Waals surface area contributed by atoms with E-state index in [9.17, 15) is 13.2 Å². The summed E-state index contributed by atoms with van der Waals surface area (Å²) in [6.45, 7) is 4.06. The molecule has 1 atom stereocenters. The van der Waals surface area contributed by atoms with Crippen molar-refractivity contribution in [2.24, 2.45) is 0 Å². The summed E-state index contributed by atoms with van der Waals surface area (Å²) >= 11 is 0. The Morgan fingerprint density at radius 1 is 1.20 bits per heavy atom. The Hall–Kier alpha value is -1.82. The minimum absolute atomic E-state index is 0.0190. The number of benzene rings is 1. The molecule has 1 amide bonds. The van der Waals surface area contributed by atoms with E-state index in [0.29, 0.717) is 6.42 Å². The average molecular weight is 361 g/mol. The SMILES string of the molecule is Cc1ccc2c(CC(=O)N(C3CC3)C3CCS(=O)(=O)C3)coc2c1C. The van der Waals surface area contributed by atoms with Crippen LogP contribution in [0.4, 0.5) is 0 Å². The summed E-state index contributed by atoms with van der Waals surface area (Å²) in [5.41, 5.74) is 3.98. The molecular weight excluding hydrogens is 338 g/mol. The Bertz CT molecular complexity index is 940. The lowest BCUT2D eigenvalue weighted by Crippen LogP contribution is -2.43. The van der Waals surface area contributed by atoms with E-state index >= 15 is 0 Å². The van der Waals surface area contributed by atoms with E-state index in [-0.39, 0.29) is 35.9 Å². The molecule has 1 unspecified atom stereocenters. The van der Waals surface area contributed by atoms with Crippen LogP contribution in [0.2, 0.25) is 0 Å². The molecule has 0 spiro atoms. The minimum Gasteiger partial charge on any atom is -0.464 e. The highest BCUT2D eigenvalue weighted by Crippen LogP contribution is 2.34. The molecule has 2 aliphatic rings. The van der Waals surface area contributed by atoms with Crippen molar-refractivity contribution in [2.75, 3.05) is 11.5 Å². The molecule has 1 saturated heterocycles. The molecule has 1 aliphatic carbocycles. The highest BCUT2D eigenvalue weighted by atomic mass is 32.2. The van der Waals surface area contributed by atoms with Gasteiger partial charge in [0.05, 0.1) is 24.2 Å². The van der Waals surface area contributed by atoms with Gasteiger partial charge in [-0.25, -0.2) is 8.42 Å². The molecule has 6 heteroatoms. The summed E-state index contributed by atoms with van der Waals surface area (Å²) < 4.78 is 29.3. The van der Waals surface area contributed by atoms with Crippen molar-refractivity contribution in [1.29, 1.82) is 0 Å². The van der Waals surface area contributed by atoms with Crippen molar-refractivity contribution in [3.63, 3.8) is 0 Å². The molecular formula is C19H23NO4S. The minimum atomic E-state index is -3.00. The predicted molar refractivity (Wildman–Crippen MR) is 96.3 cm³/mol. The van der Waals surface area contributed by atoms with Gasteiger partial charge in [0.15, 0.2) is 9.84 Å². The molecule has 1 aliphatic heterocycles. The number of rotatable bonds is 4. The molecule has 2 heterocycles. The van der Waals surface area contributed by atoms with Crippen molar-refractivity contribution in [1.82, 2.24) is 4.90 Å². The first kappa shape index (κ1) is 16.6. The number of hydrogen-bond acceptors (Lipinski definition) is 4. The lowest BCUT2D eigenvalue weighted by Gasteiger charge is -2.28. The summed E-state index contributed by atoms with van der Waals surface area (Å²) in [4.78, 5) is 14.8. The second-order valence-electron chi connectivity index (χ2n) is 7.41. The number of carbonyl (C=O) groups excluding carboxylic acids is 1. The van der Waals surface area contributed by atoms with Crippen LogP contribution in [-0.2, 0) is 21.1 Å². The number of aryl methyl sites for hydroxylation is 2. The van der Waals surface area contributed by atoms with Gasteiger partial charge in [-0.3, -0.25) is 4.79 Å². The quantitative estimate of drug-likeness (QED) is 0.840. The number of sulfone groups is 1. The van der Waals surface area contributed by atoms with E-state index < -0.39 is 9.84 Å². The third-order valence-corrected chi connectivity index (χ3v) is 7.26. The molecule has 1 aromatic carbocycles. The predicted octanol–water partition coefficient (Wildman–Crippen LogP) is 2.77. The molecule has 134 valence electrons.